The van der Waals surface area contributed by atoms with Crippen molar-refractivity contribution in [2.75, 3.05) is 18.2 Å². The van der Waals surface area contributed by atoms with Crippen LogP contribution >= 0.6 is 23.1 Å². The summed E-state index contributed by atoms with van der Waals surface area (Å²) in [5.41, 5.74) is 8.02. The van der Waals surface area contributed by atoms with E-state index in [2.05, 4.69) is 5.32 Å². The van der Waals surface area contributed by atoms with Gasteiger partial charge in [-0.2, -0.15) is 0 Å². The summed E-state index contributed by atoms with van der Waals surface area (Å²) in [5, 5.41) is 3.30. The van der Waals surface area contributed by atoms with E-state index >= 15 is 0 Å². The van der Waals surface area contributed by atoms with Crippen LogP contribution in [-0.2, 0) is 22.4 Å². The number of nitrogen functional groups attached to an aromatic ring is 1. The lowest BCUT2D eigenvalue weighted by Crippen LogP contribution is -2.23. The van der Waals surface area contributed by atoms with Gasteiger partial charge in [-0.25, -0.2) is 4.79 Å². The molecule has 0 aliphatic heterocycles. The first-order valence-corrected chi connectivity index (χ1v) is 11.2. The molecule has 1 aromatic heterocycles. The van der Waals surface area contributed by atoms with Crippen molar-refractivity contribution in [3.63, 3.8) is 0 Å². The first-order chi connectivity index (χ1) is 13.5. The van der Waals surface area contributed by atoms with Crippen LogP contribution in [0.3, 0.4) is 0 Å². The number of rotatable bonds is 5. The summed E-state index contributed by atoms with van der Waals surface area (Å²) in [4.78, 5) is 27.4. The first kappa shape index (κ1) is 20.7. The van der Waals surface area contributed by atoms with Crippen LogP contribution in [0, 0.1) is 0 Å². The summed E-state index contributed by atoms with van der Waals surface area (Å²) in [7, 11) is 1.39. The summed E-state index contributed by atoms with van der Waals surface area (Å²) >= 11 is 2.99. The highest BCUT2D eigenvalue weighted by atomic mass is 32.2. The minimum absolute atomic E-state index is 0.124. The van der Waals surface area contributed by atoms with Crippen molar-refractivity contribution in [3.05, 3.63) is 40.3 Å². The van der Waals surface area contributed by atoms with Crippen molar-refractivity contribution in [2.24, 2.45) is 0 Å². The number of carbonyl (C=O) groups excluding carboxylic acids is 2. The Morgan fingerprint density at radius 3 is 2.50 bits per heavy atom. The number of hydrogen-bond acceptors (Lipinski definition) is 6. The van der Waals surface area contributed by atoms with Gasteiger partial charge in [0.2, 0.25) is 5.91 Å². The molecule has 0 saturated carbocycles. The summed E-state index contributed by atoms with van der Waals surface area (Å²) in [6.45, 7) is 1.86. The highest BCUT2D eigenvalue weighted by Crippen LogP contribution is 2.38. The molecule has 1 atom stereocenters. The lowest BCUT2D eigenvalue weighted by Gasteiger charge is -2.13. The molecule has 0 saturated heterocycles. The topological polar surface area (TPSA) is 81.4 Å². The molecule has 0 radical (unpaired) electrons. The van der Waals surface area contributed by atoms with Gasteiger partial charge in [0.25, 0.3) is 0 Å². The maximum absolute atomic E-state index is 12.8. The molecule has 1 unspecified atom stereocenters. The molecule has 1 amide bonds. The Kier molecular flexibility index (Phi) is 7.02. The molecule has 2 aromatic rings. The number of nitrogens with one attached hydrogen (secondary N) is 1. The normalized spacial score (nSPS) is 15.1. The van der Waals surface area contributed by atoms with Gasteiger partial charge in [-0.15, -0.1) is 23.1 Å². The average Bonchev–Trinajstić information content (AvgIpc) is 2.99. The van der Waals surface area contributed by atoms with Gasteiger partial charge in [0.05, 0.1) is 17.9 Å². The second kappa shape index (κ2) is 9.47. The molecule has 1 aliphatic carbocycles. The number of nitrogens with two attached hydrogens (primary N) is 1. The fourth-order valence-electron chi connectivity index (χ4n) is 3.34. The van der Waals surface area contributed by atoms with Crippen LogP contribution in [0.2, 0.25) is 0 Å². The number of esters is 1. The number of amides is 1. The number of anilines is 2. The molecule has 150 valence electrons. The van der Waals surface area contributed by atoms with Crippen molar-refractivity contribution < 1.29 is 14.3 Å². The molecule has 1 aromatic carbocycles. The van der Waals surface area contributed by atoms with Crippen molar-refractivity contribution in [1.29, 1.82) is 0 Å². The van der Waals surface area contributed by atoms with Gasteiger partial charge >= 0.3 is 5.97 Å². The fourth-order valence-corrected chi connectivity index (χ4v) is 5.49. The Bertz CT molecular complexity index is 846. The molecule has 0 spiro atoms. The number of aryl methyl sites for hydroxylation is 1. The number of ether oxygens (including phenoxy) is 1. The van der Waals surface area contributed by atoms with Gasteiger partial charge in [0, 0.05) is 15.5 Å². The molecule has 5 nitrogen and oxygen atoms in total. The predicted octanol–water partition coefficient (Wildman–Crippen LogP) is 4.90. The number of hydrogen-bond donors (Lipinski definition) is 2. The first-order valence-electron chi connectivity index (χ1n) is 9.55. The molecule has 3 N–H and O–H groups in total. The number of carbonyl (C=O) groups is 2. The maximum Gasteiger partial charge on any atom is 0.341 e. The van der Waals surface area contributed by atoms with Crippen molar-refractivity contribution in [2.45, 2.75) is 55.6 Å². The van der Waals surface area contributed by atoms with E-state index in [1.807, 2.05) is 31.2 Å². The zero-order chi connectivity index (χ0) is 20.1. The average molecular weight is 419 g/mol. The summed E-state index contributed by atoms with van der Waals surface area (Å²) in [6.07, 6.45) is 6.38. The van der Waals surface area contributed by atoms with Crippen LogP contribution in [0.1, 0.15) is 53.4 Å². The molecule has 0 fully saturated rings. The molecular formula is C21H26N2O3S2. The molecule has 1 aliphatic rings. The highest BCUT2D eigenvalue weighted by Gasteiger charge is 2.27. The Hall–Kier alpha value is -1.99. The van der Waals surface area contributed by atoms with Crippen LogP contribution in [0.25, 0.3) is 0 Å². The zero-order valence-corrected chi connectivity index (χ0v) is 17.9. The molecule has 3 rings (SSSR count). The molecule has 28 heavy (non-hydrogen) atoms. The van der Waals surface area contributed by atoms with E-state index in [1.165, 1.54) is 47.9 Å². The SMILES string of the molecule is COC(=O)c1c(NC(=O)C(C)Sc2ccc(N)cc2)sc2c1CCCCCC2. The maximum atomic E-state index is 12.8. The van der Waals surface area contributed by atoms with E-state index in [4.69, 9.17) is 10.5 Å². The Labute approximate surface area is 174 Å². The second-order valence-electron chi connectivity index (χ2n) is 6.93. The Morgan fingerprint density at radius 2 is 1.82 bits per heavy atom. The predicted molar refractivity (Wildman–Crippen MR) is 116 cm³/mol. The van der Waals surface area contributed by atoms with Gasteiger partial charge in [-0.3, -0.25) is 4.79 Å². The van der Waals surface area contributed by atoms with Crippen molar-refractivity contribution in [3.8, 4) is 0 Å². The third-order valence-corrected chi connectivity index (χ3v) is 7.18. The summed E-state index contributed by atoms with van der Waals surface area (Å²) < 4.78 is 5.02. The van der Waals surface area contributed by atoms with Gasteiger partial charge in [0.15, 0.2) is 0 Å². The Morgan fingerprint density at radius 1 is 1.14 bits per heavy atom. The molecule has 7 heteroatoms. The van der Waals surface area contributed by atoms with E-state index in [-0.39, 0.29) is 17.1 Å². The van der Waals surface area contributed by atoms with Crippen molar-refractivity contribution >= 4 is 45.7 Å². The lowest BCUT2D eigenvalue weighted by molar-refractivity contribution is -0.115. The van der Waals surface area contributed by atoms with Crippen LogP contribution in [0.15, 0.2) is 29.2 Å². The van der Waals surface area contributed by atoms with Gasteiger partial charge in [-0.05, 0) is 62.4 Å². The summed E-state index contributed by atoms with van der Waals surface area (Å²) in [6, 6.07) is 7.45. The van der Waals surface area contributed by atoms with Crippen LogP contribution < -0.4 is 11.1 Å². The van der Waals surface area contributed by atoms with Gasteiger partial charge in [-0.1, -0.05) is 12.8 Å². The van der Waals surface area contributed by atoms with Crippen molar-refractivity contribution in [1.82, 2.24) is 0 Å². The van der Waals surface area contributed by atoms with E-state index in [1.54, 1.807) is 0 Å². The van der Waals surface area contributed by atoms with Crippen LogP contribution in [-0.4, -0.2) is 24.2 Å². The van der Waals surface area contributed by atoms with E-state index in [0.29, 0.717) is 16.3 Å². The van der Waals surface area contributed by atoms with E-state index < -0.39 is 0 Å². The largest absolute Gasteiger partial charge is 0.465 e. The minimum Gasteiger partial charge on any atom is -0.465 e. The smallest absolute Gasteiger partial charge is 0.341 e. The Balaban J connectivity index is 1.79. The molecule has 1 heterocycles. The third-order valence-electron chi connectivity index (χ3n) is 4.86. The zero-order valence-electron chi connectivity index (χ0n) is 16.2. The molecular weight excluding hydrogens is 392 g/mol. The number of benzene rings is 1. The lowest BCUT2D eigenvalue weighted by atomic mass is 9.96. The number of methoxy groups -OCH3 is 1. The number of thioether (sulfide) groups is 1. The minimum atomic E-state index is -0.368. The van der Waals surface area contributed by atoms with Crippen LogP contribution in [0.5, 0.6) is 0 Å². The van der Waals surface area contributed by atoms with E-state index in [0.717, 1.165) is 36.1 Å². The second-order valence-corrected chi connectivity index (χ2v) is 9.45. The van der Waals surface area contributed by atoms with E-state index in [9.17, 15) is 9.59 Å². The molecule has 0 bridgehead atoms. The highest BCUT2D eigenvalue weighted by molar-refractivity contribution is 8.00. The fraction of sp³-hybridized carbons (Fsp3) is 0.429. The quantitative estimate of drug-likeness (QED) is 0.410. The third kappa shape index (κ3) is 4.89. The number of fused-ring (bicyclic) bond motifs is 1. The number of thiophene rings is 1. The van der Waals surface area contributed by atoms with Gasteiger partial charge < -0.3 is 15.8 Å². The standard InChI is InChI=1S/C21H26N2O3S2/c1-13(27-15-11-9-14(22)10-12-15)19(24)23-20-18(21(25)26-2)16-7-5-3-4-6-8-17(16)28-20/h9-13H,3-8,22H2,1-2H3,(H,23,24). The summed E-state index contributed by atoms with van der Waals surface area (Å²) in [5.74, 6) is -0.492. The monoisotopic (exact) mass is 418 g/mol. The van der Waals surface area contributed by atoms with Gasteiger partial charge in [0.1, 0.15) is 5.00 Å². The van der Waals surface area contributed by atoms with Crippen LogP contribution in [0.4, 0.5) is 10.7 Å².